The van der Waals surface area contributed by atoms with E-state index in [9.17, 15) is 0 Å². The maximum absolute atomic E-state index is 5.95. The lowest BCUT2D eigenvalue weighted by Gasteiger charge is -2.10. The third-order valence-corrected chi connectivity index (χ3v) is 4.38. The summed E-state index contributed by atoms with van der Waals surface area (Å²) in [7, 11) is 0. The lowest BCUT2D eigenvalue weighted by molar-refractivity contribution is -0.0441. The van der Waals surface area contributed by atoms with E-state index in [0.29, 0.717) is 13.2 Å². The third kappa shape index (κ3) is 3.99. The minimum Gasteiger partial charge on any atom is -0.346 e. The average Bonchev–Trinajstić information content (AvgIpc) is 3.04. The van der Waals surface area contributed by atoms with Crippen molar-refractivity contribution in [3.05, 3.63) is 74.7 Å². The van der Waals surface area contributed by atoms with Gasteiger partial charge in [-0.15, -0.1) is 0 Å². The molecule has 2 aromatic rings. The fourth-order valence-corrected chi connectivity index (χ4v) is 3.19. The summed E-state index contributed by atoms with van der Waals surface area (Å²) >= 11 is 9.47. The Morgan fingerprint density at radius 3 is 2.73 bits per heavy atom. The van der Waals surface area contributed by atoms with Gasteiger partial charge in [-0.05, 0) is 29.7 Å². The fourth-order valence-electron chi connectivity index (χ4n) is 2.38. The van der Waals surface area contributed by atoms with E-state index < -0.39 is 0 Å². The van der Waals surface area contributed by atoms with E-state index in [2.05, 4.69) is 40.2 Å². The molecule has 22 heavy (non-hydrogen) atoms. The molecule has 0 spiro atoms. The Morgan fingerprint density at radius 2 is 1.95 bits per heavy atom. The van der Waals surface area contributed by atoms with Crippen molar-refractivity contribution in [1.29, 1.82) is 0 Å². The van der Waals surface area contributed by atoms with Crippen LogP contribution in [0.3, 0.4) is 0 Å². The SMILES string of the molecule is Clc1ccc(C=CCc2cccc(C3OCCO3)c2)c(Br)c1. The minimum atomic E-state index is -0.214. The van der Waals surface area contributed by atoms with Crippen LogP contribution in [0, 0.1) is 0 Å². The minimum absolute atomic E-state index is 0.214. The van der Waals surface area contributed by atoms with Gasteiger partial charge in [-0.3, -0.25) is 0 Å². The number of hydrogen-bond acceptors (Lipinski definition) is 2. The molecular weight excluding hydrogens is 364 g/mol. The number of allylic oxidation sites excluding steroid dienone is 1. The van der Waals surface area contributed by atoms with E-state index >= 15 is 0 Å². The van der Waals surface area contributed by atoms with Crippen LogP contribution in [-0.2, 0) is 15.9 Å². The highest BCUT2D eigenvalue weighted by molar-refractivity contribution is 9.10. The first-order valence-electron chi connectivity index (χ1n) is 7.16. The summed E-state index contributed by atoms with van der Waals surface area (Å²) in [5.41, 5.74) is 3.43. The molecule has 0 radical (unpaired) electrons. The topological polar surface area (TPSA) is 18.5 Å². The highest BCUT2D eigenvalue weighted by Gasteiger charge is 2.17. The second-order valence-corrected chi connectivity index (χ2v) is 6.38. The van der Waals surface area contributed by atoms with Gasteiger partial charge in [0.2, 0.25) is 0 Å². The maximum Gasteiger partial charge on any atom is 0.184 e. The van der Waals surface area contributed by atoms with Crippen molar-refractivity contribution in [2.75, 3.05) is 13.2 Å². The van der Waals surface area contributed by atoms with Gasteiger partial charge in [-0.25, -0.2) is 0 Å². The summed E-state index contributed by atoms with van der Waals surface area (Å²) in [5, 5.41) is 0.730. The van der Waals surface area contributed by atoms with Crippen molar-refractivity contribution in [2.45, 2.75) is 12.7 Å². The molecule has 0 aliphatic carbocycles. The van der Waals surface area contributed by atoms with Crippen LogP contribution in [0.5, 0.6) is 0 Å². The first-order chi connectivity index (χ1) is 10.7. The molecule has 0 unspecified atom stereocenters. The standard InChI is InChI=1S/C18H16BrClO2/c19-17-12-16(20)8-7-14(17)5-1-3-13-4-2-6-15(11-13)18-21-9-10-22-18/h1-2,4-8,11-12,18H,3,9-10H2. The lowest BCUT2D eigenvalue weighted by atomic mass is 10.1. The summed E-state index contributed by atoms with van der Waals surface area (Å²) in [6.45, 7) is 1.33. The van der Waals surface area contributed by atoms with Crippen LogP contribution in [0.2, 0.25) is 5.02 Å². The summed E-state index contributed by atoms with van der Waals surface area (Å²) < 4.78 is 12.1. The number of benzene rings is 2. The van der Waals surface area contributed by atoms with Crippen LogP contribution in [0.1, 0.15) is 23.0 Å². The Kier molecular flexibility index (Phi) is 5.32. The molecule has 0 atom stereocenters. The van der Waals surface area contributed by atoms with Crippen molar-refractivity contribution >= 4 is 33.6 Å². The molecular formula is C18H16BrClO2. The molecule has 2 nitrogen and oxygen atoms in total. The largest absolute Gasteiger partial charge is 0.346 e. The predicted octanol–water partition coefficient (Wildman–Crippen LogP) is 5.40. The summed E-state index contributed by atoms with van der Waals surface area (Å²) in [6, 6.07) is 14.1. The number of ether oxygens (including phenoxy) is 2. The Bertz CT molecular complexity index is 679. The number of rotatable bonds is 4. The van der Waals surface area contributed by atoms with Gasteiger partial charge in [0.25, 0.3) is 0 Å². The zero-order valence-corrected chi connectivity index (χ0v) is 14.3. The van der Waals surface area contributed by atoms with Crippen LogP contribution in [0.4, 0.5) is 0 Å². The second-order valence-electron chi connectivity index (χ2n) is 5.09. The lowest BCUT2D eigenvalue weighted by Crippen LogP contribution is -1.98. The molecule has 0 amide bonds. The highest BCUT2D eigenvalue weighted by Crippen LogP contribution is 2.25. The zero-order chi connectivity index (χ0) is 15.4. The van der Waals surface area contributed by atoms with E-state index in [-0.39, 0.29) is 6.29 Å². The summed E-state index contributed by atoms with van der Waals surface area (Å²) in [4.78, 5) is 0. The smallest absolute Gasteiger partial charge is 0.184 e. The van der Waals surface area contributed by atoms with E-state index in [1.54, 1.807) is 0 Å². The second kappa shape index (κ2) is 7.42. The normalized spacial score (nSPS) is 15.7. The number of halogens is 2. The van der Waals surface area contributed by atoms with Crippen LogP contribution < -0.4 is 0 Å². The van der Waals surface area contributed by atoms with E-state index in [1.807, 2.05) is 30.3 Å². The maximum atomic E-state index is 5.95. The monoisotopic (exact) mass is 378 g/mol. The van der Waals surface area contributed by atoms with Crippen LogP contribution in [0.15, 0.2) is 53.0 Å². The van der Waals surface area contributed by atoms with Crippen LogP contribution in [0.25, 0.3) is 6.08 Å². The van der Waals surface area contributed by atoms with Gasteiger partial charge in [-0.1, -0.05) is 70.0 Å². The van der Waals surface area contributed by atoms with Gasteiger partial charge >= 0.3 is 0 Å². The molecule has 3 rings (SSSR count). The van der Waals surface area contributed by atoms with Gasteiger partial charge in [0.05, 0.1) is 13.2 Å². The van der Waals surface area contributed by atoms with Crippen molar-refractivity contribution in [3.63, 3.8) is 0 Å². The van der Waals surface area contributed by atoms with Crippen molar-refractivity contribution in [1.82, 2.24) is 0 Å². The van der Waals surface area contributed by atoms with Crippen LogP contribution in [-0.4, -0.2) is 13.2 Å². The van der Waals surface area contributed by atoms with Gasteiger partial charge in [0.1, 0.15) is 0 Å². The first kappa shape index (κ1) is 15.8. The quantitative estimate of drug-likeness (QED) is 0.707. The molecule has 0 aromatic heterocycles. The Balaban J connectivity index is 1.68. The number of hydrogen-bond donors (Lipinski definition) is 0. The molecule has 114 valence electrons. The Labute approximate surface area is 143 Å². The van der Waals surface area contributed by atoms with E-state index in [4.69, 9.17) is 21.1 Å². The summed E-state index contributed by atoms with van der Waals surface area (Å²) in [5.74, 6) is 0. The molecule has 1 saturated heterocycles. The van der Waals surface area contributed by atoms with Crippen LogP contribution >= 0.6 is 27.5 Å². The van der Waals surface area contributed by atoms with Gasteiger partial charge in [0, 0.05) is 15.1 Å². The first-order valence-corrected chi connectivity index (χ1v) is 8.33. The molecule has 2 aromatic carbocycles. The Morgan fingerprint density at radius 1 is 1.14 bits per heavy atom. The summed E-state index contributed by atoms with van der Waals surface area (Å²) in [6.07, 6.45) is 4.88. The van der Waals surface area contributed by atoms with E-state index in [0.717, 1.165) is 27.0 Å². The van der Waals surface area contributed by atoms with Crippen molar-refractivity contribution in [2.24, 2.45) is 0 Å². The predicted molar refractivity (Wildman–Crippen MR) is 93.0 cm³/mol. The van der Waals surface area contributed by atoms with Gasteiger partial charge in [-0.2, -0.15) is 0 Å². The van der Waals surface area contributed by atoms with Gasteiger partial charge in [0.15, 0.2) is 6.29 Å². The molecule has 1 aliphatic heterocycles. The molecule has 1 fully saturated rings. The van der Waals surface area contributed by atoms with Crippen molar-refractivity contribution in [3.8, 4) is 0 Å². The van der Waals surface area contributed by atoms with Crippen molar-refractivity contribution < 1.29 is 9.47 Å². The molecule has 0 bridgehead atoms. The zero-order valence-electron chi connectivity index (χ0n) is 12.0. The average molecular weight is 380 g/mol. The molecule has 0 saturated carbocycles. The highest BCUT2D eigenvalue weighted by atomic mass is 79.9. The van der Waals surface area contributed by atoms with Gasteiger partial charge < -0.3 is 9.47 Å². The fraction of sp³-hybridized carbons (Fsp3) is 0.222. The molecule has 4 heteroatoms. The third-order valence-electron chi connectivity index (χ3n) is 3.46. The van der Waals surface area contributed by atoms with E-state index in [1.165, 1.54) is 5.56 Å². The Hall–Kier alpha value is -1.13. The molecule has 0 N–H and O–H groups in total. The molecule has 1 aliphatic rings. The molecule has 1 heterocycles.